The third-order valence-corrected chi connectivity index (χ3v) is 5.01. The van der Waals surface area contributed by atoms with Crippen molar-refractivity contribution in [3.05, 3.63) is 11.6 Å². The SMILES string of the molecule is CCC1=CCC2C(=O)OC(=O)C3CCCC(C1)C23. The van der Waals surface area contributed by atoms with Gasteiger partial charge < -0.3 is 4.74 Å². The summed E-state index contributed by atoms with van der Waals surface area (Å²) in [6.45, 7) is 2.17. The Morgan fingerprint density at radius 1 is 1.22 bits per heavy atom. The van der Waals surface area contributed by atoms with Gasteiger partial charge in [0.1, 0.15) is 0 Å². The van der Waals surface area contributed by atoms with E-state index in [0.29, 0.717) is 5.92 Å². The molecule has 4 unspecified atom stereocenters. The van der Waals surface area contributed by atoms with Gasteiger partial charge in [-0.05, 0) is 43.9 Å². The van der Waals surface area contributed by atoms with Crippen molar-refractivity contribution in [2.45, 2.75) is 45.4 Å². The largest absolute Gasteiger partial charge is 0.393 e. The highest BCUT2D eigenvalue weighted by Crippen LogP contribution is 2.48. The standard InChI is InChI=1S/C15H20O3/c1-2-9-6-7-12-13-10(8-9)4-3-5-11(13)14(16)18-15(12)17/h6,10-13H,2-5,7-8H2,1H3. The molecule has 0 aromatic rings. The van der Waals surface area contributed by atoms with Crippen molar-refractivity contribution in [2.75, 3.05) is 0 Å². The zero-order chi connectivity index (χ0) is 12.7. The van der Waals surface area contributed by atoms with Crippen LogP contribution in [0.5, 0.6) is 0 Å². The molecule has 0 radical (unpaired) electrons. The number of rotatable bonds is 1. The maximum atomic E-state index is 11.9. The van der Waals surface area contributed by atoms with Crippen LogP contribution in [-0.4, -0.2) is 11.9 Å². The number of carbonyl (C=O) groups excluding carboxylic acids is 2. The third-order valence-electron chi connectivity index (χ3n) is 5.01. The maximum Gasteiger partial charge on any atom is 0.317 e. The summed E-state index contributed by atoms with van der Waals surface area (Å²) < 4.78 is 4.96. The van der Waals surface area contributed by atoms with Crippen molar-refractivity contribution in [1.82, 2.24) is 0 Å². The normalized spacial score (nSPS) is 39.5. The Kier molecular flexibility index (Phi) is 3.00. The van der Waals surface area contributed by atoms with Crippen LogP contribution in [0.15, 0.2) is 11.6 Å². The average Bonchev–Trinajstić information content (AvgIpc) is 2.56. The summed E-state index contributed by atoms with van der Waals surface area (Å²) in [5, 5.41) is 0. The first-order chi connectivity index (χ1) is 8.70. The molecule has 3 aliphatic rings. The molecule has 1 aliphatic heterocycles. The van der Waals surface area contributed by atoms with E-state index in [9.17, 15) is 9.59 Å². The number of hydrogen-bond donors (Lipinski definition) is 0. The van der Waals surface area contributed by atoms with Crippen LogP contribution in [0.4, 0.5) is 0 Å². The van der Waals surface area contributed by atoms with Crippen LogP contribution < -0.4 is 0 Å². The van der Waals surface area contributed by atoms with Crippen LogP contribution in [0.1, 0.15) is 45.4 Å². The molecule has 0 spiro atoms. The fourth-order valence-corrected chi connectivity index (χ4v) is 4.10. The number of allylic oxidation sites excluding steroid dienone is 2. The summed E-state index contributed by atoms with van der Waals surface area (Å²) in [5.74, 6) is 0.137. The molecule has 0 amide bonds. The first kappa shape index (κ1) is 11.9. The molecule has 0 bridgehead atoms. The Bertz CT molecular complexity index is 410. The van der Waals surface area contributed by atoms with Gasteiger partial charge in [0.05, 0.1) is 11.8 Å². The molecule has 1 saturated heterocycles. The third kappa shape index (κ3) is 1.80. The van der Waals surface area contributed by atoms with Crippen LogP contribution in [0, 0.1) is 23.7 Å². The summed E-state index contributed by atoms with van der Waals surface area (Å²) in [6.07, 6.45) is 8.29. The van der Waals surface area contributed by atoms with Crippen molar-refractivity contribution in [3.8, 4) is 0 Å². The summed E-state index contributed by atoms with van der Waals surface area (Å²) in [5.41, 5.74) is 1.45. The lowest BCUT2D eigenvalue weighted by atomic mass is 9.64. The first-order valence-corrected chi connectivity index (χ1v) is 7.14. The molecule has 18 heavy (non-hydrogen) atoms. The van der Waals surface area contributed by atoms with Gasteiger partial charge in [-0.15, -0.1) is 0 Å². The minimum Gasteiger partial charge on any atom is -0.393 e. The number of cyclic esters (lactones) is 2. The predicted molar refractivity (Wildman–Crippen MR) is 66.5 cm³/mol. The van der Waals surface area contributed by atoms with E-state index in [0.717, 1.165) is 38.5 Å². The van der Waals surface area contributed by atoms with Crippen molar-refractivity contribution in [2.24, 2.45) is 23.7 Å². The van der Waals surface area contributed by atoms with E-state index in [4.69, 9.17) is 4.74 Å². The Morgan fingerprint density at radius 2 is 2.00 bits per heavy atom. The van der Waals surface area contributed by atoms with E-state index in [1.807, 2.05) is 0 Å². The fraction of sp³-hybridized carbons (Fsp3) is 0.733. The second-order valence-corrected chi connectivity index (χ2v) is 5.88. The number of ether oxygens (including phenoxy) is 1. The van der Waals surface area contributed by atoms with Crippen molar-refractivity contribution in [1.29, 1.82) is 0 Å². The van der Waals surface area contributed by atoms with Gasteiger partial charge >= 0.3 is 11.9 Å². The second-order valence-electron chi connectivity index (χ2n) is 5.88. The minimum absolute atomic E-state index is 0.0175. The topological polar surface area (TPSA) is 43.4 Å². The molecule has 1 saturated carbocycles. The minimum atomic E-state index is -0.276. The van der Waals surface area contributed by atoms with Crippen molar-refractivity contribution in [3.63, 3.8) is 0 Å². The highest BCUT2D eigenvalue weighted by molar-refractivity contribution is 5.91. The van der Waals surface area contributed by atoms with E-state index in [2.05, 4.69) is 13.0 Å². The van der Waals surface area contributed by atoms with Crippen molar-refractivity contribution < 1.29 is 14.3 Å². The zero-order valence-electron chi connectivity index (χ0n) is 10.9. The molecule has 98 valence electrons. The lowest BCUT2D eigenvalue weighted by molar-refractivity contribution is -0.180. The Balaban J connectivity index is 1.95. The molecule has 3 nitrogen and oxygen atoms in total. The second kappa shape index (κ2) is 4.52. The molecule has 2 fully saturated rings. The average molecular weight is 248 g/mol. The Hall–Kier alpha value is -1.12. The van der Waals surface area contributed by atoms with Gasteiger partial charge in [-0.2, -0.15) is 0 Å². The lowest BCUT2D eigenvalue weighted by Crippen LogP contribution is -2.47. The van der Waals surface area contributed by atoms with E-state index in [1.54, 1.807) is 0 Å². The molecule has 0 aromatic carbocycles. The quantitative estimate of drug-likeness (QED) is 0.407. The van der Waals surface area contributed by atoms with E-state index in [1.165, 1.54) is 5.57 Å². The maximum absolute atomic E-state index is 11.9. The Morgan fingerprint density at radius 3 is 2.78 bits per heavy atom. The van der Waals surface area contributed by atoms with Gasteiger partial charge in [0, 0.05) is 0 Å². The van der Waals surface area contributed by atoms with E-state index in [-0.39, 0.29) is 29.7 Å². The van der Waals surface area contributed by atoms with Gasteiger partial charge in [0.25, 0.3) is 0 Å². The van der Waals surface area contributed by atoms with Crippen LogP contribution >= 0.6 is 0 Å². The molecule has 0 aromatic heterocycles. The fourth-order valence-electron chi connectivity index (χ4n) is 4.10. The summed E-state index contributed by atoms with van der Waals surface area (Å²) >= 11 is 0. The van der Waals surface area contributed by atoms with Gasteiger partial charge in [0.2, 0.25) is 0 Å². The number of hydrogen-bond acceptors (Lipinski definition) is 3. The van der Waals surface area contributed by atoms with Gasteiger partial charge in [0.15, 0.2) is 0 Å². The van der Waals surface area contributed by atoms with Gasteiger partial charge in [-0.3, -0.25) is 9.59 Å². The predicted octanol–water partition coefficient (Wildman–Crippen LogP) is 2.85. The molecular weight excluding hydrogens is 228 g/mol. The zero-order valence-corrected chi connectivity index (χ0v) is 10.9. The lowest BCUT2D eigenvalue weighted by Gasteiger charge is -2.42. The molecular formula is C15H20O3. The molecule has 3 heteroatoms. The van der Waals surface area contributed by atoms with Crippen LogP contribution in [-0.2, 0) is 14.3 Å². The van der Waals surface area contributed by atoms with Crippen LogP contribution in [0.25, 0.3) is 0 Å². The van der Waals surface area contributed by atoms with Crippen molar-refractivity contribution >= 4 is 11.9 Å². The highest BCUT2D eigenvalue weighted by Gasteiger charge is 2.50. The number of carbonyl (C=O) groups is 2. The summed E-state index contributed by atoms with van der Waals surface area (Å²) in [4.78, 5) is 23.8. The van der Waals surface area contributed by atoms with Crippen LogP contribution in [0.2, 0.25) is 0 Å². The highest BCUT2D eigenvalue weighted by atomic mass is 16.6. The first-order valence-electron chi connectivity index (χ1n) is 7.14. The molecule has 1 heterocycles. The molecule has 2 aliphatic carbocycles. The van der Waals surface area contributed by atoms with Crippen LogP contribution in [0.3, 0.4) is 0 Å². The van der Waals surface area contributed by atoms with Gasteiger partial charge in [-0.25, -0.2) is 0 Å². The monoisotopic (exact) mass is 248 g/mol. The Labute approximate surface area is 108 Å². The van der Waals surface area contributed by atoms with E-state index >= 15 is 0 Å². The molecule has 0 N–H and O–H groups in total. The van der Waals surface area contributed by atoms with Gasteiger partial charge in [-0.1, -0.05) is 25.0 Å². The molecule has 4 atom stereocenters. The van der Waals surface area contributed by atoms with E-state index < -0.39 is 0 Å². The summed E-state index contributed by atoms with van der Waals surface area (Å²) in [7, 11) is 0. The summed E-state index contributed by atoms with van der Waals surface area (Å²) in [6, 6.07) is 0. The molecule has 3 rings (SSSR count). The number of esters is 2. The smallest absolute Gasteiger partial charge is 0.317 e.